The normalized spacial score (nSPS) is 34.8. The van der Waals surface area contributed by atoms with E-state index in [1.165, 1.54) is 32.1 Å². The second kappa shape index (κ2) is 6.03. The number of rotatable bonds is 2. The molecule has 19 heavy (non-hydrogen) atoms. The van der Waals surface area contributed by atoms with Gasteiger partial charge in [-0.15, -0.1) is 11.6 Å². The van der Waals surface area contributed by atoms with Crippen LogP contribution in [0, 0.1) is 11.3 Å². The molecule has 0 N–H and O–H groups in total. The van der Waals surface area contributed by atoms with Gasteiger partial charge in [0.1, 0.15) is 0 Å². The van der Waals surface area contributed by atoms with Crippen LogP contribution in [0.2, 0.25) is 0 Å². The number of halogens is 1. The summed E-state index contributed by atoms with van der Waals surface area (Å²) in [5, 5.41) is 0.148. The van der Waals surface area contributed by atoms with Crippen molar-refractivity contribution in [1.82, 2.24) is 4.90 Å². The third kappa shape index (κ3) is 3.26. The van der Waals surface area contributed by atoms with Gasteiger partial charge in [-0.05, 0) is 31.1 Å². The molecule has 2 nitrogen and oxygen atoms in total. The molecular weight excluding hydrogens is 258 g/mol. The van der Waals surface area contributed by atoms with Crippen molar-refractivity contribution in [3.63, 3.8) is 0 Å². The molecule has 0 saturated heterocycles. The number of hydrogen-bond acceptors (Lipinski definition) is 1. The van der Waals surface area contributed by atoms with Gasteiger partial charge < -0.3 is 4.90 Å². The Morgan fingerprint density at radius 2 is 1.74 bits per heavy atom. The van der Waals surface area contributed by atoms with Gasteiger partial charge in [0.05, 0.1) is 5.38 Å². The van der Waals surface area contributed by atoms with E-state index in [9.17, 15) is 4.79 Å². The van der Waals surface area contributed by atoms with Crippen LogP contribution < -0.4 is 0 Å². The first-order chi connectivity index (χ1) is 8.93. The minimum Gasteiger partial charge on any atom is -0.341 e. The zero-order valence-corrected chi connectivity index (χ0v) is 13.4. The monoisotopic (exact) mass is 285 g/mol. The maximum absolute atomic E-state index is 12.8. The Hall–Kier alpha value is -0.240. The Morgan fingerprint density at radius 1 is 1.11 bits per heavy atom. The Morgan fingerprint density at radius 3 is 2.37 bits per heavy atom. The summed E-state index contributed by atoms with van der Waals surface area (Å²) in [5.74, 6) is 0.527. The van der Waals surface area contributed by atoms with Crippen molar-refractivity contribution in [3.05, 3.63) is 0 Å². The highest BCUT2D eigenvalue weighted by Gasteiger charge is 2.40. The maximum Gasteiger partial charge on any atom is 0.226 e. The molecule has 0 radical (unpaired) electrons. The standard InChI is InChI=1S/C16H28ClNO/c1-16(2)11-7-6-8-12(16)15(19)18(3)14-10-5-4-9-13(14)17/h12-14H,4-11H2,1-3H3. The smallest absolute Gasteiger partial charge is 0.226 e. The molecule has 2 aliphatic rings. The van der Waals surface area contributed by atoms with Crippen molar-refractivity contribution >= 4 is 17.5 Å². The Labute approximate surface area is 122 Å². The number of hydrogen-bond donors (Lipinski definition) is 0. The highest BCUT2D eigenvalue weighted by molar-refractivity contribution is 6.21. The highest BCUT2D eigenvalue weighted by atomic mass is 35.5. The Bertz CT molecular complexity index is 329. The summed E-state index contributed by atoms with van der Waals surface area (Å²) in [7, 11) is 1.97. The SMILES string of the molecule is CN(C(=O)C1CCCCC1(C)C)C1CCCCC1Cl. The van der Waals surface area contributed by atoms with Crippen molar-refractivity contribution in [3.8, 4) is 0 Å². The maximum atomic E-state index is 12.8. The second-order valence-corrected chi connectivity index (χ2v) is 7.66. The molecule has 0 spiro atoms. The lowest BCUT2D eigenvalue weighted by atomic mass is 9.68. The number of carbonyl (C=O) groups excluding carboxylic acids is 1. The quantitative estimate of drug-likeness (QED) is 0.696. The predicted octanol–water partition coefficient (Wildman–Crippen LogP) is 4.21. The molecule has 0 aromatic carbocycles. The number of nitrogens with zero attached hydrogens (tertiary/aromatic N) is 1. The minimum absolute atomic E-state index is 0.148. The van der Waals surface area contributed by atoms with Gasteiger partial charge in [0.15, 0.2) is 0 Å². The van der Waals surface area contributed by atoms with E-state index in [0.29, 0.717) is 5.91 Å². The van der Waals surface area contributed by atoms with Crippen LogP contribution in [0.4, 0.5) is 0 Å². The first-order valence-electron chi connectivity index (χ1n) is 7.84. The molecule has 3 heteroatoms. The predicted molar refractivity (Wildman–Crippen MR) is 80.4 cm³/mol. The third-order valence-corrected chi connectivity index (χ3v) is 5.81. The largest absolute Gasteiger partial charge is 0.341 e. The molecule has 2 rings (SSSR count). The summed E-state index contributed by atoms with van der Waals surface area (Å²) < 4.78 is 0. The van der Waals surface area contributed by atoms with Crippen LogP contribution in [-0.2, 0) is 4.79 Å². The first-order valence-corrected chi connectivity index (χ1v) is 8.28. The first kappa shape index (κ1) is 15.2. The summed E-state index contributed by atoms with van der Waals surface area (Å²) in [6.45, 7) is 4.50. The van der Waals surface area contributed by atoms with Gasteiger partial charge in [0, 0.05) is 19.0 Å². The van der Waals surface area contributed by atoms with Gasteiger partial charge in [0.2, 0.25) is 5.91 Å². The number of amides is 1. The molecule has 1 amide bonds. The van der Waals surface area contributed by atoms with E-state index in [0.717, 1.165) is 19.3 Å². The molecule has 3 atom stereocenters. The molecule has 0 aliphatic heterocycles. The van der Waals surface area contributed by atoms with Crippen LogP contribution in [-0.4, -0.2) is 29.3 Å². The van der Waals surface area contributed by atoms with Gasteiger partial charge >= 0.3 is 0 Å². The van der Waals surface area contributed by atoms with Crippen LogP contribution in [0.15, 0.2) is 0 Å². The van der Waals surface area contributed by atoms with Crippen molar-refractivity contribution in [2.45, 2.75) is 76.6 Å². The molecule has 0 aromatic rings. The lowest BCUT2D eigenvalue weighted by Crippen LogP contribution is -2.49. The molecule has 2 saturated carbocycles. The van der Waals surface area contributed by atoms with E-state index >= 15 is 0 Å². The lowest BCUT2D eigenvalue weighted by molar-refractivity contribution is -0.142. The lowest BCUT2D eigenvalue weighted by Gasteiger charge is -2.43. The minimum atomic E-state index is 0.148. The third-order valence-electron chi connectivity index (χ3n) is 5.30. The topological polar surface area (TPSA) is 20.3 Å². The van der Waals surface area contributed by atoms with Crippen LogP contribution in [0.25, 0.3) is 0 Å². The van der Waals surface area contributed by atoms with E-state index in [1.54, 1.807) is 0 Å². The Balaban J connectivity index is 2.05. The fraction of sp³-hybridized carbons (Fsp3) is 0.938. The molecule has 0 aromatic heterocycles. The molecule has 3 unspecified atom stereocenters. The zero-order chi connectivity index (χ0) is 14.0. The van der Waals surface area contributed by atoms with Gasteiger partial charge in [-0.3, -0.25) is 4.79 Å². The summed E-state index contributed by atoms with van der Waals surface area (Å²) >= 11 is 6.44. The average Bonchev–Trinajstić information content (AvgIpc) is 2.37. The van der Waals surface area contributed by atoms with Gasteiger partial charge in [-0.1, -0.05) is 39.5 Å². The van der Waals surface area contributed by atoms with Crippen LogP contribution in [0.1, 0.15) is 65.2 Å². The van der Waals surface area contributed by atoms with E-state index < -0.39 is 0 Å². The van der Waals surface area contributed by atoms with E-state index in [2.05, 4.69) is 13.8 Å². The molecule has 0 bridgehead atoms. The van der Waals surface area contributed by atoms with Gasteiger partial charge in [0.25, 0.3) is 0 Å². The van der Waals surface area contributed by atoms with Crippen LogP contribution in [0.5, 0.6) is 0 Å². The van der Waals surface area contributed by atoms with Gasteiger partial charge in [-0.2, -0.15) is 0 Å². The molecule has 2 aliphatic carbocycles. The van der Waals surface area contributed by atoms with E-state index in [4.69, 9.17) is 11.6 Å². The highest BCUT2D eigenvalue weighted by Crippen LogP contribution is 2.42. The molecule has 110 valence electrons. The van der Waals surface area contributed by atoms with Crippen molar-refractivity contribution in [2.75, 3.05) is 7.05 Å². The van der Waals surface area contributed by atoms with Crippen LogP contribution >= 0.6 is 11.6 Å². The van der Waals surface area contributed by atoms with Crippen molar-refractivity contribution < 1.29 is 4.79 Å². The summed E-state index contributed by atoms with van der Waals surface area (Å²) in [6.07, 6.45) is 9.23. The number of carbonyl (C=O) groups is 1. The number of alkyl halides is 1. The zero-order valence-electron chi connectivity index (χ0n) is 12.6. The van der Waals surface area contributed by atoms with Crippen molar-refractivity contribution in [2.24, 2.45) is 11.3 Å². The average molecular weight is 286 g/mol. The van der Waals surface area contributed by atoms with Gasteiger partial charge in [-0.25, -0.2) is 0 Å². The summed E-state index contributed by atoms with van der Waals surface area (Å²) in [6, 6.07) is 0.251. The molecule has 2 fully saturated rings. The summed E-state index contributed by atoms with van der Waals surface area (Å²) in [5.41, 5.74) is 0.153. The van der Waals surface area contributed by atoms with Crippen molar-refractivity contribution in [1.29, 1.82) is 0 Å². The Kier molecular flexibility index (Phi) is 4.81. The molecule has 0 heterocycles. The van der Waals surface area contributed by atoms with E-state index in [-0.39, 0.29) is 22.8 Å². The van der Waals surface area contributed by atoms with E-state index in [1.807, 2.05) is 11.9 Å². The molecular formula is C16H28ClNO. The van der Waals surface area contributed by atoms with Crippen LogP contribution in [0.3, 0.4) is 0 Å². The summed E-state index contributed by atoms with van der Waals surface area (Å²) in [4.78, 5) is 14.8. The second-order valence-electron chi connectivity index (χ2n) is 7.10. The fourth-order valence-electron chi connectivity index (χ4n) is 3.86. The fourth-order valence-corrected chi connectivity index (χ4v) is 4.31.